The van der Waals surface area contributed by atoms with Crippen LogP contribution in [0.2, 0.25) is 0 Å². The molecular formula is C13H19NO2S. The molecule has 17 heavy (non-hydrogen) atoms. The molecule has 0 saturated heterocycles. The molecule has 0 aliphatic heterocycles. The average Bonchev–Trinajstić information content (AvgIpc) is 2.36. The SMILES string of the molecule is CNCCS(=O)(=O)c1ccc2c(c1)CCCC2. The molecular weight excluding hydrogens is 234 g/mol. The summed E-state index contributed by atoms with van der Waals surface area (Å²) in [6, 6.07) is 5.62. The zero-order chi connectivity index (χ0) is 12.3. The van der Waals surface area contributed by atoms with E-state index in [2.05, 4.69) is 5.32 Å². The van der Waals surface area contributed by atoms with Gasteiger partial charge in [-0.25, -0.2) is 8.42 Å². The fourth-order valence-electron chi connectivity index (χ4n) is 2.26. The van der Waals surface area contributed by atoms with Gasteiger partial charge in [0.1, 0.15) is 0 Å². The largest absolute Gasteiger partial charge is 0.319 e. The highest BCUT2D eigenvalue weighted by Crippen LogP contribution is 2.24. The minimum absolute atomic E-state index is 0.169. The van der Waals surface area contributed by atoms with Crippen LogP contribution in [0.5, 0.6) is 0 Å². The maximum Gasteiger partial charge on any atom is 0.179 e. The van der Waals surface area contributed by atoms with Crippen molar-refractivity contribution in [2.24, 2.45) is 0 Å². The van der Waals surface area contributed by atoms with Crippen molar-refractivity contribution in [2.75, 3.05) is 19.3 Å². The molecule has 0 heterocycles. The summed E-state index contributed by atoms with van der Waals surface area (Å²) in [5.41, 5.74) is 2.55. The first-order valence-corrected chi connectivity index (χ1v) is 7.78. The molecule has 1 aromatic rings. The van der Waals surface area contributed by atoms with Crippen molar-refractivity contribution in [1.29, 1.82) is 0 Å². The van der Waals surface area contributed by atoms with Gasteiger partial charge in [-0.2, -0.15) is 0 Å². The predicted octanol–water partition coefficient (Wildman–Crippen LogP) is 1.56. The van der Waals surface area contributed by atoms with Gasteiger partial charge in [0.2, 0.25) is 0 Å². The molecule has 0 radical (unpaired) electrons. The molecule has 0 fully saturated rings. The Morgan fingerprint density at radius 3 is 2.59 bits per heavy atom. The van der Waals surface area contributed by atoms with Gasteiger partial charge in [0, 0.05) is 6.54 Å². The van der Waals surface area contributed by atoms with E-state index >= 15 is 0 Å². The van der Waals surface area contributed by atoms with Crippen molar-refractivity contribution in [3.63, 3.8) is 0 Å². The topological polar surface area (TPSA) is 46.2 Å². The first-order valence-electron chi connectivity index (χ1n) is 6.12. The summed E-state index contributed by atoms with van der Waals surface area (Å²) in [5.74, 6) is 0.169. The Balaban J connectivity index is 2.27. The first-order chi connectivity index (χ1) is 8.13. The summed E-state index contributed by atoms with van der Waals surface area (Å²) in [5, 5.41) is 2.88. The lowest BCUT2D eigenvalue weighted by Gasteiger charge is -2.16. The normalized spacial score (nSPS) is 15.6. The number of sulfone groups is 1. The smallest absolute Gasteiger partial charge is 0.179 e. The van der Waals surface area contributed by atoms with E-state index in [-0.39, 0.29) is 5.75 Å². The lowest BCUT2D eigenvalue weighted by molar-refractivity contribution is 0.593. The van der Waals surface area contributed by atoms with Crippen LogP contribution in [-0.2, 0) is 22.7 Å². The second-order valence-corrected chi connectivity index (χ2v) is 6.67. The van der Waals surface area contributed by atoms with E-state index in [0.717, 1.165) is 12.8 Å². The minimum atomic E-state index is -3.12. The summed E-state index contributed by atoms with van der Waals surface area (Å²) >= 11 is 0. The van der Waals surface area contributed by atoms with Gasteiger partial charge in [0.05, 0.1) is 10.6 Å². The van der Waals surface area contributed by atoms with Gasteiger partial charge in [-0.05, 0) is 56.0 Å². The fourth-order valence-corrected chi connectivity index (χ4v) is 3.56. The molecule has 0 atom stereocenters. The Morgan fingerprint density at radius 1 is 1.18 bits per heavy atom. The van der Waals surface area contributed by atoms with Gasteiger partial charge in [0.15, 0.2) is 9.84 Å². The van der Waals surface area contributed by atoms with Crippen LogP contribution in [0.15, 0.2) is 23.1 Å². The highest BCUT2D eigenvalue weighted by molar-refractivity contribution is 7.91. The fraction of sp³-hybridized carbons (Fsp3) is 0.538. The molecule has 2 rings (SSSR count). The molecule has 94 valence electrons. The van der Waals surface area contributed by atoms with E-state index in [1.165, 1.54) is 24.0 Å². The third-order valence-corrected chi connectivity index (χ3v) is 5.01. The monoisotopic (exact) mass is 253 g/mol. The van der Waals surface area contributed by atoms with Gasteiger partial charge in [-0.3, -0.25) is 0 Å². The quantitative estimate of drug-likeness (QED) is 0.885. The molecule has 1 aliphatic carbocycles. The van der Waals surface area contributed by atoms with Crippen molar-refractivity contribution < 1.29 is 8.42 Å². The molecule has 0 bridgehead atoms. The van der Waals surface area contributed by atoms with E-state index in [0.29, 0.717) is 11.4 Å². The lowest BCUT2D eigenvalue weighted by Crippen LogP contribution is -2.19. The first kappa shape index (κ1) is 12.6. The van der Waals surface area contributed by atoms with E-state index in [9.17, 15) is 8.42 Å². The van der Waals surface area contributed by atoms with Crippen LogP contribution in [-0.4, -0.2) is 27.8 Å². The zero-order valence-corrected chi connectivity index (χ0v) is 11.0. The number of nitrogens with one attached hydrogen (secondary N) is 1. The van der Waals surface area contributed by atoms with Crippen molar-refractivity contribution in [2.45, 2.75) is 30.6 Å². The molecule has 4 heteroatoms. The van der Waals surface area contributed by atoms with Gasteiger partial charge >= 0.3 is 0 Å². The average molecular weight is 253 g/mol. The number of hydrogen-bond donors (Lipinski definition) is 1. The molecule has 0 aromatic heterocycles. The van der Waals surface area contributed by atoms with Crippen LogP contribution in [0.1, 0.15) is 24.0 Å². The second kappa shape index (κ2) is 5.19. The highest BCUT2D eigenvalue weighted by Gasteiger charge is 2.17. The molecule has 0 spiro atoms. The Labute approximate surface area is 103 Å². The van der Waals surface area contributed by atoms with Crippen LogP contribution in [0, 0.1) is 0 Å². The summed E-state index contributed by atoms with van der Waals surface area (Å²) in [7, 11) is -1.35. The number of aryl methyl sites for hydroxylation is 2. The third kappa shape index (κ3) is 2.87. The maximum atomic E-state index is 12.0. The zero-order valence-electron chi connectivity index (χ0n) is 10.2. The highest BCUT2D eigenvalue weighted by atomic mass is 32.2. The molecule has 3 nitrogen and oxygen atoms in total. The Hall–Kier alpha value is -0.870. The maximum absolute atomic E-state index is 12.0. The Morgan fingerprint density at radius 2 is 1.88 bits per heavy atom. The number of rotatable bonds is 4. The minimum Gasteiger partial charge on any atom is -0.319 e. The number of hydrogen-bond acceptors (Lipinski definition) is 3. The van der Waals surface area contributed by atoms with Crippen molar-refractivity contribution >= 4 is 9.84 Å². The van der Waals surface area contributed by atoms with Crippen molar-refractivity contribution in [1.82, 2.24) is 5.32 Å². The molecule has 1 aliphatic rings. The molecule has 0 amide bonds. The van der Waals surface area contributed by atoms with Crippen LogP contribution in [0.4, 0.5) is 0 Å². The molecule has 1 aromatic carbocycles. The van der Waals surface area contributed by atoms with Crippen molar-refractivity contribution in [3.8, 4) is 0 Å². The third-order valence-electron chi connectivity index (χ3n) is 3.30. The van der Waals surface area contributed by atoms with Crippen LogP contribution in [0.3, 0.4) is 0 Å². The van der Waals surface area contributed by atoms with Crippen molar-refractivity contribution in [3.05, 3.63) is 29.3 Å². The van der Waals surface area contributed by atoms with E-state index in [1.807, 2.05) is 12.1 Å². The summed E-state index contributed by atoms with van der Waals surface area (Å²) in [4.78, 5) is 0.480. The Kier molecular flexibility index (Phi) is 3.84. The van der Waals surface area contributed by atoms with Gasteiger partial charge in [0.25, 0.3) is 0 Å². The standard InChI is InChI=1S/C13H19NO2S/c1-14-8-9-17(15,16)13-7-6-11-4-2-3-5-12(11)10-13/h6-7,10,14H,2-5,8-9H2,1H3. The number of fused-ring (bicyclic) bond motifs is 1. The van der Waals surface area contributed by atoms with Gasteiger partial charge < -0.3 is 5.32 Å². The van der Waals surface area contributed by atoms with E-state index < -0.39 is 9.84 Å². The summed E-state index contributed by atoms with van der Waals surface area (Å²) in [6.45, 7) is 0.499. The summed E-state index contributed by atoms with van der Waals surface area (Å²) < 4.78 is 24.1. The molecule has 0 saturated carbocycles. The molecule has 1 N–H and O–H groups in total. The number of benzene rings is 1. The lowest BCUT2D eigenvalue weighted by atomic mass is 9.92. The van der Waals surface area contributed by atoms with Crippen LogP contribution < -0.4 is 5.32 Å². The summed E-state index contributed by atoms with van der Waals surface area (Å²) in [6.07, 6.45) is 4.50. The molecule has 0 unspecified atom stereocenters. The van der Waals surface area contributed by atoms with Crippen LogP contribution in [0.25, 0.3) is 0 Å². The van der Waals surface area contributed by atoms with Gasteiger partial charge in [-0.1, -0.05) is 6.07 Å². The van der Waals surface area contributed by atoms with E-state index in [4.69, 9.17) is 0 Å². The van der Waals surface area contributed by atoms with E-state index in [1.54, 1.807) is 13.1 Å². The Bertz CT molecular complexity index is 494. The van der Waals surface area contributed by atoms with Crippen LogP contribution >= 0.6 is 0 Å². The van der Waals surface area contributed by atoms with Gasteiger partial charge in [-0.15, -0.1) is 0 Å². The predicted molar refractivity (Wildman–Crippen MR) is 69.1 cm³/mol. The second-order valence-electron chi connectivity index (χ2n) is 4.56.